The fourth-order valence-electron chi connectivity index (χ4n) is 3.12. The van der Waals surface area contributed by atoms with Crippen LogP contribution in [0.25, 0.3) is 0 Å². The summed E-state index contributed by atoms with van der Waals surface area (Å²) in [5.41, 5.74) is -0.216. The van der Waals surface area contributed by atoms with Crippen LogP contribution in [-0.4, -0.2) is 41.3 Å². The van der Waals surface area contributed by atoms with Gasteiger partial charge >= 0.3 is 6.18 Å². The molecule has 0 radical (unpaired) electrons. The number of benzene rings is 1. The summed E-state index contributed by atoms with van der Waals surface area (Å²) in [5, 5.41) is 7.96. The van der Waals surface area contributed by atoms with E-state index in [0.29, 0.717) is 18.7 Å². The number of alkyl halides is 3. The second-order valence-corrected chi connectivity index (χ2v) is 5.87. The van der Waals surface area contributed by atoms with Crippen molar-refractivity contribution in [3.8, 4) is 0 Å². The Morgan fingerprint density at radius 2 is 1.71 bits per heavy atom. The van der Waals surface area contributed by atoms with Gasteiger partial charge in [0.1, 0.15) is 0 Å². The Bertz CT molecular complexity index is 667. The van der Waals surface area contributed by atoms with Crippen molar-refractivity contribution in [2.75, 3.05) is 31.1 Å². The van der Waals surface area contributed by atoms with Crippen LogP contribution in [0.5, 0.6) is 0 Å². The Hall–Kier alpha value is -2.15. The largest absolute Gasteiger partial charge is 0.416 e. The summed E-state index contributed by atoms with van der Waals surface area (Å²) in [5.74, 6) is 0.806. The molecule has 1 atom stereocenters. The van der Waals surface area contributed by atoms with E-state index < -0.39 is 11.7 Å². The minimum atomic E-state index is -4.33. The van der Waals surface area contributed by atoms with Gasteiger partial charge in [-0.05, 0) is 30.7 Å². The molecule has 4 nitrogen and oxygen atoms in total. The van der Waals surface area contributed by atoms with Gasteiger partial charge in [-0.1, -0.05) is 18.2 Å². The van der Waals surface area contributed by atoms with Crippen molar-refractivity contribution in [1.82, 2.24) is 15.1 Å². The lowest BCUT2D eigenvalue weighted by Gasteiger charge is -2.39. The van der Waals surface area contributed by atoms with Gasteiger partial charge in [0, 0.05) is 38.4 Å². The van der Waals surface area contributed by atoms with E-state index in [1.165, 1.54) is 6.07 Å². The molecule has 7 heteroatoms. The lowest BCUT2D eigenvalue weighted by molar-refractivity contribution is -0.138. The first-order valence-corrected chi connectivity index (χ1v) is 7.89. The third-order valence-electron chi connectivity index (χ3n) is 4.46. The maximum atomic E-state index is 13.2. The number of nitrogens with zero attached hydrogens (tertiary/aromatic N) is 4. The van der Waals surface area contributed by atoms with Crippen molar-refractivity contribution in [2.45, 2.75) is 19.1 Å². The number of rotatable bonds is 3. The maximum Gasteiger partial charge on any atom is 0.416 e. The molecule has 2 heterocycles. The molecule has 0 aliphatic carbocycles. The monoisotopic (exact) mass is 336 g/mol. The van der Waals surface area contributed by atoms with Crippen molar-refractivity contribution in [2.24, 2.45) is 0 Å². The van der Waals surface area contributed by atoms with Crippen molar-refractivity contribution in [3.63, 3.8) is 0 Å². The minimum Gasteiger partial charge on any atom is -0.353 e. The Morgan fingerprint density at radius 1 is 1.00 bits per heavy atom. The van der Waals surface area contributed by atoms with E-state index in [9.17, 15) is 13.2 Å². The smallest absolute Gasteiger partial charge is 0.353 e. The number of piperazine rings is 1. The molecule has 3 rings (SSSR count). The van der Waals surface area contributed by atoms with Gasteiger partial charge in [0.15, 0.2) is 5.82 Å². The van der Waals surface area contributed by atoms with E-state index >= 15 is 0 Å². The molecule has 0 N–H and O–H groups in total. The van der Waals surface area contributed by atoms with Crippen LogP contribution in [0.1, 0.15) is 24.1 Å². The molecular weight excluding hydrogens is 317 g/mol. The lowest BCUT2D eigenvalue weighted by Crippen LogP contribution is -2.47. The van der Waals surface area contributed by atoms with Crippen molar-refractivity contribution in [3.05, 3.63) is 53.7 Å². The molecule has 2 aromatic rings. The van der Waals surface area contributed by atoms with E-state index in [4.69, 9.17) is 0 Å². The molecule has 1 fully saturated rings. The summed E-state index contributed by atoms with van der Waals surface area (Å²) in [4.78, 5) is 4.18. The van der Waals surface area contributed by atoms with E-state index in [0.717, 1.165) is 25.0 Å². The highest BCUT2D eigenvalue weighted by Gasteiger charge is 2.35. The second-order valence-electron chi connectivity index (χ2n) is 5.87. The molecule has 1 unspecified atom stereocenters. The standard InChI is InChI=1S/C17H19F3N4/c1-13(14-5-2-3-6-15(14)17(18,19)20)23-9-11-24(12-10-23)16-7-4-8-21-22-16/h2-8,13H,9-12H2,1H3. The Balaban J connectivity index is 1.71. The summed E-state index contributed by atoms with van der Waals surface area (Å²) in [6.07, 6.45) is -2.71. The molecule has 24 heavy (non-hydrogen) atoms. The predicted octanol–water partition coefficient (Wildman–Crippen LogP) is 3.38. The second kappa shape index (κ2) is 6.76. The lowest BCUT2D eigenvalue weighted by atomic mass is 9.99. The molecule has 0 spiro atoms. The van der Waals surface area contributed by atoms with E-state index in [2.05, 4.69) is 20.0 Å². The summed E-state index contributed by atoms with van der Waals surface area (Å²) in [6.45, 7) is 4.64. The van der Waals surface area contributed by atoms with Crippen LogP contribution in [-0.2, 0) is 6.18 Å². The Kier molecular flexibility index (Phi) is 4.71. The van der Waals surface area contributed by atoms with E-state index in [1.54, 1.807) is 18.3 Å². The summed E-state index contributed by atoms with van der Waals surface area (Å²) in [6, 6.07) is 9.26. The van der Waals surface area contributed by atoms with Crippen LogP contribution in [0, 0.1) is 0 Å². The predicted molar refractivity (Wildman–Crippen MR) is 85.7 cm³/mol. The van der Waals surface area contributed by atoms with Gasteiger partial charge in [-0.3, -0.25) is 4.90 Å². The zero-order chi connectivity index (χ0) is 17.2. The number of hydrogen-bond acceptors (Lipinski definition) is 4. The first-order valence-electron chi connectivity index (χ1n) is 7.89. The molecular formula is C17H19F3N4. The molecule has 128 valence electrons. The Morgan fingerprint density at radius 3 is 2.33 bits per heavy atom. The average molecular weight is 336 g/mol. The molecule has 1 aliphatic heterocycles. The fraction of sp³-hybridized carbons (Fsp3) is 0.412. The zero-order valence-corrected chi connectivity index (χ0v) is 13.4. The van der Waals surface area contributed by atoms with Crippen LogP contribution in [0.2, 0.25) is 0 Å². The first kappa shape index (κ1) is 16.7. The average Bonchev–Trinajstić information content (AvgIpc) is 2.61. The minimum absolute atomic E-state index is 0.285. The van der Waals surface area contributed by atoms with Gasteiger partial charge in [-0.2, -0.15) is 18.3 Å². The number of anilines is 1. The SMILES string of the molecule is CC(c1ccccc1C(F)(F)F)N1CCN(c2cccnn2)CC1. The summed E-state index contributed by atoms with van der Waals surface area (Å²) in [7, 11) is 0. The summed E-state index contributed by atoms with van der Waals surface area (Å²) >= 11 is 0. The molecule has 1 saturated heterocycles. The maximum absolute atomic E-state index is 13.2. The van der Waals surface area contributed by atoms with Gasteiger partial charge in [0.2, 0.25) is 0 Å². The van der Waals surface area contributed by atoms with Crippen molar-refractivity contribution >= 4 is 5.82 Å². The van der Waals surface area contributed by atoms with Gasteiger partial charge in [-0.25, -0.2) is 0 Å². The van der Waals surface area contributed by atoms with E-state index in [1.807, 2.05) is 19.1 Å². The highest BCUT2D eigenvalue weighted by atomic mass is 19.4. The normalized spacial score (nSPS) is 17.8. The summed E-state index contributed by atoms with van der Waals surface area (Å²) < 4.78 is 39.7. The van der Waals surface area contributed by atoms with Crippen LogP contribution in [0.4, 0.5) is 19.0 Å². The molecule has 0 saturated carbocycles. The van der Waals surface area contributed by atoms with Gasteiger partial charge in [0.25, 0.3) is 0 Å². The van der Waals surface area contributed by atoms with Crippen LogP contribution >= 0.6 is 0 Å². The fourth-order valence-corrected chi connectivity index (χ4v) is 3.12. The van der Waals surface area contributed by atoms with E-state index in [-0.39, 0.29) is 6.04 Å². The van der Waals surface area contributed by atoms with Crippen LogP contribution in [0.3, 0.4) is 0 Å². The first-order chi connectivity index (χ1) is 11.5. The van der Waals surface area contributed by atoms with Crippen LogP contribution < -0.4 is 4.90 Å². The van der Waals surface area contributed by atoms with Gasteiger partial charge < -0.3 is 4.90 Å². The van der Waals surface area contributed by atoms with Gasteiger partial charge in [-0.15, -0.1) is 5.10 Å². The molecule has 1 aliphatic rings. The van der Waals surface area contributed by atoms with Crippen molar-refractivity contribution in [1.29, 1.82) is 0 Å². The Labute approximate surface area is 138 Å². The number of hydrogen-bond donors (Lipinski definition) is 0. The molecule has 1 aromatic heterocycles. The van der Waals surface area contributed by atoms with Gasteiger partial charge in [0.05, 0.1) is 5.56 Å². The quantitative estimate of drug-likeness (QED) is 0.860. The number of halogens is 3. The number of aromatic nitrogens is 2. The zero-order valence-electron chi connectivity index (χ0n) is 13.4. The van der Waals surface area contributed by atoms with Crippen molar-refractivity contribution < 1.29 is 13.2 Å². The topological polar surface area (TPSA) is 32.3 Å². The third kappa shape index (κ3) is 3.51. The highest BCUT2D eigenvalue weighted by Crippen LogP contribution is 2.36. The third-order valence-corrected chi connectivity index (χ3v) is 4.46. The van der Waals surface area contributed by atoms with Crippen LogP contribution in [0.15, 0.2) is 42.6 Å². The highest BCUT2D eigenvalue weighted by molar-refractivity contribution is 5.37. The molecule has 0 bridgehead atoms. The molecule has 1 aromatic carbocycles. The molecule has 0 amide bonds.